The van der Waals surface area contributed by atoms with Gasteiger partial charge in [-0.15, -0.1) is 0 Å². The molecule has 0 fully saturated rings. The number of nitrogens with two attached hydrogens (primary N) is 1. The molecule has 0 bridgehead atoms. The number of nitrogen functional groups attached to an aromatic ring is 1. The lowest BCUT2D eigenvalue weighted by atomic mass is 10.1. The Morgan fingerprint density at radius 1 is 0.962 bits per heavy atom. The summed E-state index contributed by atoms with van der Waals surface area (Å²) >= 11 is 0. The average Bonchev–Trinajstić information content (AvgIpc) is 2.62. The quantitative estimate of drug-likeness (QED) is 0.703. The van der Waals surface area contributed by atoms with Crippen molar-refractivity contribution in [2.75, 3.05) is 18.2 Å². The topological polar surface area (TPSA) is 82.3 Å². The van der Waals surface area contributed by atoms with Crippen molar-refractivity contribution in [1.82, 2.24) is 9.97 Å². The highest BCUT2D eigenvalue weighted by atomic mass is 16.5. The van der Waals surface area contributed by atoms with Gasteiger partial charge in [-0.2, -0.15) is 4.98 Å². The third-order valence-electron chi connectivity index (χ3n) is 4.15. The highest BCUT2D eigenvalue weighted by Crippen LogP contribution is 2.34. The predicted molar refractivity (Wildman–Crippen MR) is 103 cm³/mol. The lowest BCUT2D eigenvalue weighted by Gasteiger charge is -2.14. The fourth-order valence-electron chi connectivity index (χ4n) is 2.50. The molecule has 0 spiro atoms. The number of hydrogen-bond donors (Lipinski definition) is 2. The molecule has 0 unspecified atom stereocenters. The van der Waals surface area contributed by atoms with Gasteiger partial charge in [-0.25, -0.2) is 4.98 Å². The zero-order chi connectivity index (χ0) is 18.7. The lowest BCUT2D eigenvalue weighted by Crippen LogP contribution is -2.04. The Bertz CT molecular complexity index is 941. The predicted octanol–water partition coefficient (Wildman–Crippen LogP) is 4.53. The van der Waals surface area contributed by atoms with E-state index < -0.39 is 0 Å². The van der Waals surface area contributed by atoms with Crippen molar-refractivity contribution in [2.45, 2.75) is 20.8 Å². The minimum absolute atomic E-state index is 0.303. The third kappa shape index (κ3) is 3.69. The number of hydrogen-bond acceptors (Lipinski definition) is 6. The number of nitrogens with one attached hydrogen (secondary N) is 1. The summed E-state index contributed by atoms with van der Waals surface area (Å²) in [5, 5.41) is 3.20. The Morgan fingerprint density at radius 3 is 2.50 bits per heavy atom. The highest BCUT2D eigenvalue weighted by molar-refractivity contribution is 5.75. The largest absolute Gasteiger partial charge is 0.495 e. The normalized spacial score (nSPS) is 10.5. The minimum Gasteiger partial charge on any atom is -0.495 e. The van der Waals surface area contributed by atoms with Crippen LogP contribution < -0.4 is 20.5 Å². The van der Waals surface area contributed by atoms with Crippen LogP contribution in [0.25, 0.3) is 0 Å². The standard InChI is InChI=1S/C20H22N4O2/c1-12-5-8-17(25-4)16(9-12)24-19-18(21)20(23-11-22-19)26-15-7-6-13(2)14(3)10-15/h5-11H,21H2,1-4H3,(H,22,23,24). The van der Waals surface area contributed by atoms with Crippen LogP contribution in [0.5, 0.6) is 17.4 Å². The number of aryl methyl sites for hydroxylation is 3. The number of anilines is 3. The summed E-state index contributed by atoms with van der Waals surface area (Å²) in [6.45, 7) is 6.08. The van der Waals surface area contributed by atoms with Gasteiger partial charge in [0.25, 0.3) is 0 Å². The summed E-state index contributed by atoms with van der Waals surface area (Å²) in [6.07, 6.45) is 1.41. The lowest BCUT2D eigenvalue weighted by molar-refractivity contribution is 0.416. The average molecular weight is 350 g/mol. The van der Waals surface area contributed by atoms with Gasteiger partial charge in [0.2, 0.25) is 5.88 Å². The molecule has 0 atom stereocenters. The molecule has 26 heavy (non-hydrogen) atoms. The van der Waals surface area contributed by atoms with E-state index in [9.17, 15) is 0 Å². The molecular weight excluding hydrogens is 328 g/mol. The van der Waals surface area contributed by atoms with E-state index in [2.05, 4.69) is 22.2 Å². The van der Waals surface area contributed by atoms with Crippen LogP contribution >= 0.6 is 0 Å². The van der Waals surface area contributed by atoms with Crippen LogP contribution in [0.1, 0.15) is 16.7 Å². The van der Waals surface area contributed by atoms with Crippen LogP contribution in [0, 0.1) is 20.8 Å². The Labute approximate surface area is 153 Å². The summed E-state index contributed by atoms with van der Waals surface area (Å²) < 4.78 is 11.2. The molecule has 3 aromatic rings. The first-order chi connectivity index (χ1) is 12.5. The first-order valence-corrected chi connectivity index (χ1v) is 8.25. The van der Waals surface area contributed by atoms with E-state index in [1.807, 2.05) is 50.2 Å². The second-order valence-electron chi connectivity index (χ2n) is 6.12. The second-order valence-corrected chi connectivity index (χ2v) is 6.12. The second kappa shape index (κ2) is 7.31. The molecule has 0 aliphatic rings. The molecule has 6 heteroatoms. The summed E-state index contributed by atoms with van der Waals surface area (Å²) in [5.74, 6) is 2.14. The first-order valence-electron chi connectivity index (χ1n) is 8.25. The van der Waals surface area contributed by atoms with Gasteiger partial charge >= 0.3 is 0 Å². The molecule has 0 radical (unpaired) electrons. The monoisotopic (exact) mass is 350 g/mol. The first kappa shape index (κ1) is 17.5. The summed E-state index contributed by atoms with van der Waals surface area (Å²) in [5.41, 5.74) is 10.7. The molecule has 1 heterocycles. The van der Waals surface area contributed by atoms with E-state index in [0.717, 1.165) is 16.8 Å². The van der Waals surface area contributed by atoms with Crippen LogP contribution in [0.3, 0.4) is 0 Å². The van der Waals surface area contributed by atoms with Gasteiger partial charge in [0.05, 0.1) is 12.8 Å². The van der Waals surface area contributed by atoms with Gasteiger partial charge in [0.15, 0.2) is 5.82 Å². The van der Waals surface area contributed by atoms with E-state index in [-0.39, 0.29) is 0 Å². The Kier molecular flexibility index (Phi) is 4.93. The number of benzene rings is 2. The molecular formula is C20H22N4O2. The maximum absolute atomic E-state index is 6.22. The molecule has 0 saturated heterocycles. The maximum Gasteiger partial charge on any atom is 0.248 e. The van der Waals surface area contributed by atoms with Gasteiger partial charge in [-0.1, -0.05) is 12.1 Å². The van der Waals surface area contributed by atoms with Crippen molar-refractivity contribution >= 4 is 17.2 Å². The molecule has 6 nitrogen and oxygen atoms in total. The molecule has 2 aromatic carbocycles. The van der Waals surface area contributed by atoms with Crippen molar-refractivity contribution in [3.05, 3.63) is 59.4 Å². The SMILES string of the molecule is COc1ccc(C)cc1Nc1ncnc(Oc2ccc(C)c(C)c2)c1N. The summed E-state index contributed by atoms with van der Waals surface area (Å²) in [4.78, 5) is 8.39. The van der Waals surface area contributed by atoms with E-state index >= 15 is 0 Å². The van der Waals surface area contributed by atoms with E-state index in [0.29, 0.717) is 28.9 Å². The fourth-order valence-corrected chi connectivity index (χ4v) is 2.50. The van der Waals surface area contributed by atoms with Crippen molar-refractivity contribution in [2.24, 2.45) is 0 Å². The number of aromatic nitrogens is 2. The molecule has 3 N–H and O–H groups in total. The van der Waals surface area contributed by atoms with Crippen LogP contribution in [0.2, 0.25) is 0 Å². The van der Waals surface area contributed by atoms with Crippen molar-refractivity contribution < 1.29 is 9.47 Å². The molecule has 134 valence electrons. The number of methoxy groups -OCH3 is 1. The van der Waals surface area contributed by atoms with Crippen molar-refractivity contribution in [3.8, 4) is 17.4 Å². The van der Waals surface area contributed by atoms with Gasteiger partial charge in [0, 0.05) is 0 Å². The Hall–Kier alpha value is -3.28. The molecule has 0 amide bonds. The smallest absolute Gasteiger partial charge is 0.248 e. The molecule has 3 rings (SSSR count). The molecule has 0 aliphatic heterocycles. The molecule has 0 aliphatic carbocycles. The van der Waals surface area contributed by atoms with Gasteiger partial charge in [0.1, 0.15) is 23.5 Å². The van der Waals surface area contributed by atoms with Crippen molar-refractivity contribution in [3.63, 3.8) is 0 Å². The van der Waals surface area contributed by atoms with E-state index in [1.165, 1.54) is 11.9 Å². The highest BCUT2D eigenvalue weighted by Gasteiger charge is 2.13. The van der Waals surface area contributed by atoms with E-state index in [4.69, 9.17) is 15.2 Å². The minimum atomic E-state index is 0.303. The molecule has 0 saturated carbocycles. The molecule has 1 aromatic heterocycles. The zero-order valence-corrected chi connectivity index (χ0v) is 15.3. The fraction of sp³-hybridized carbons (Fsp3) is 0.200. The van der Waals surface area contributed by atoms with E-state index in [1.54, 1.807) is 7.11 Å². The van der Waals surface area contributed by atoms with Gasteiger partial charge < -0.3 is 20.5 Å². The van der Waals surface area contributed by atoms with Crippen LogP contribution in [-0.2, 0) is 0 Å². The van der Waals surface area contributed by atoms with Crippen molar-refractivity contribution in [1.29, 1.82) is 0 Å². The number of rotatable bonds is 5. The summed E-state index contributed by atoms with van der Waals surface area (Å²) in [7, 11) is 1.62. The Balaban J connectivity index is 1.90. The Morgan fingerprint density at radius 2 is 1.77 bits per heavy atom. The van der Waals surface area contributed by atoms with Crippen LogP contribution in [-0.4, -0.2) is 17.1 Å². The van der Waals surface area contributed by atoms with Crippen LogP contribution in [0.15, 0.2) is 42.7 Å². The number of nitrogens with zero attached hydrogens (tertiary/aromatic N) is 2. The van der Waals surface area contributed by atoms with Gasteiger partial charge in [-0.05, 0) is 61.7 Å². The maximum atomic E-state index is 6.22. The summed E-state index contributed by atoms with van der Waals surface area (Å²) in [6, 6.07) is 11.7. The third-order valence-corrected chi connectivity index (χ3v) is 4.15. The zero-order valence-electron chi connectivity index (χ0n) is 15.3. The number of ether oxygens (including phenoxy) is 2. The van der Waals surface area contributed by atoms with Gasteiger partial charge in [-0.3, -0.25) is 0 Å². The van der Waals surface area contributed by atoms with Crippen LogP contribution in [0.4, 0.5) is 17.2 Å².